The molecular formula is C23H29N3O3. The van der Waals surface area contributed by atoms with Gasteiger partial charge in [-0.2, -0.15) is 0 Å². The Morgan fingerprint density at radius 1 is 1.17 bits per heavy atom. The molecule has 0 spiro atoms. The van der Waals surface area contributed by atoms with Crippen LogP contribution in [0.2, 0.25) is 0 Å². The van der Waals surface area contributed by atoms with E-state index in [1.54, 1.807) is 0 Å². The van der Waals surface area contributed by atoms with Gasteiger partial charge in [-0.1, -0.05) is 32.1 Å². The van der Waals surface area contributed by atoms with Crippen molar-refractivity contribution in [3.8, 4) is 11.3 Å². The molecule has 3 heterocycles. The Bertz CT molecular complexity index is 843. The van der Waals surface area contributed by atoms with E-state index in [-0.39, 0.29) is 5.97 Å². The van der Waals surface area contributed by atoms with Gasteiger partial charge in [0.15, 0.2) is 0 Å². The van der Waals surface area contributed by atoms with Crippen molar-refractivity contribution in [1.29, 1.82) is 0 Å². The fourth-order valence-electron chi connectivity index (χ4n) is 4.29. The molecule has 0 unspecified atom stereocenters. The van der Waals surface area contributed by atoms with Crippen LogP contribution in [0.5, 0.6) is 0 Å². The molecule has 0 amide bonds. The lowest BCUT2D eigenvalue weighted by atomic mass is 9.86. The first-order chi connectivity index (χ1) is 14.2. The molecule has 2 aromatic rings. The maximum Gasteiger partial charge on any atom is 0.338 e. The lowest BCUT2D eigenvalue weighted by Gasteiger charge is -2.28. The van der Waals surface area contributed by atoms with Gasteiger partial charge in [-0.25, -0.2) is 9.78 Å². The van der Waals surface area contributed by atoms with E-state index in [1.165, 1.54) is 39.2 Å². The van der Waals surface area contributed by atoms with E-state index in [4.69, 9.17) is 14.5 Å². The average Bonchev–Trinajstić information content (AvgIpc) is 2.79. The summed E-state index contributed by atoms with van der Waals surface area (Å²) in [5.74, 6) is 1.17. The third kappa shape index (κ3) is 4.93. The SMILES string of the molecule is COC(=O)c1cc(-c2ccnc(CC3CCCCC3)c2)nc(N2CCOCC2)c1. The van der Waals surface area contributed by atoms with Crippen LogP contribution in [0.4, 0.5) is 5.82 Å². The number of carbonyl (C=O) groups is 1. The summed E-state index contributed by atoms with van der Waals surface area (Å²) >= 11 is 0. The van der Waals surface area contributed by atoms with Crippen molar-refractivity contribution >= 4 is 11.8 Å². The lowest BCUT2D eigenvalue weighted by Crippen LogP contribution is -2.36. The number of rotatable bonds is 5. The quantitative estimate of drug-likeness (QED) is 0.716. The minimum absolute atomic E-state index is 0.348. The normalized spacial score (nSPS) is 17.9. The van der Waals surface area contributed by atoms with Crippen LogP contribution in [-0.2, 0) is 15.9 Å². The monoisotopic (exact) mass is 395 g/mol. The van der Waals surface area contributed by atoms with Crippen molar-refractivity contribution in [1.82, 2.24) is 9.97 Å². The van der Waals surface area contributed by atoms with Gasteiger partial charge < -0.3 is 14.4 Å². The van der Waals surface area contributed by atoms with Gasteiger partial charge in [0, 0.05) is 30.5 Å². The Balaban J connectivity index is 1.64. The summed E-state index contributed by atoms with van der Waals surface area (Å²) in [5, 5.41) is 0. The van der Waals surface area contributed by atoms with Gasteiger partial charge in [0.2, 0.25) is 0 Å². The fourth-order valence-corrected chi connectivity index (χ4v) is 4.29. The predicted octanol–water partition coefficient (Wildman–Crippen LogP) is 3.89. The van der Waals surface area contributed by atoms with Crippen molar-refractivity contribution in [3.63, 3.8) is 0 Å². The molecule has 0 N–H and O–H groups in total. The lowest BCUT2D eigenvalue weighted by molar-refractivity contribution is 0.0600. The first-order valence-corrected chi connectivity index (χ1v) is 10.6. The highest BCUT2D eigenvalue weighted by atomic mass is 16.5. The number of nitrogens with zero attached hydrogens (tertiary/aromatic N) is 3. The molecule has 2 aliphatic rings. The molecule has 4 rings (SSSR count). The number of esters is 1. The first kappa shape index (κ1) is 19.8. The van der Waals surface area contributed by atoms with Gasteiger partial charge in [-0.05, 0) is 36.6 Å². The first-order valence-electron chi connectivity index (χ1n) is 10.6. The number of carbonyl (C=O) groups excluding carboxylic acids is 1. The third-order valence-electron chi connectivity index (χ3n) is 5.90. The standard InChI is InChI=1S/C23H29N3O3/c1-28-23(27)19-15-21(25-22(16-19)26-9-11-29-12-10-26)18-7-8-24-20(14-18)13-17-5-3-2-4-6-17/h7-8,14-17H,2-6,9-13H2,1H3. The second kappa shape index (κ2) is 9.35. The molecule has 1 aliphatic heterocycles. The summed E-state index contributed by atoms with van der Waals surface area (Å²) in [7, 11) is 1.41. The largest absolute Gasteiger partial charge is 0.465 e. The van der Waals surface area contributed by atoms with Gasteiger partial charge >= 0.3 is 5.97 Å². The van der Waals surface area contributed by atoms with Crippen LogP contribution >= 0.6 is 0 Å². The highest BCUT2D eigenvalue weighted by molar-refractivity contribution is 5.91. The highest BCUT2D eigenvalue weighted by Gasteiger charge is 2.19. The molecule has 0 aromatic carbocycles. The molecule has 1 saturated carbocycles. The zero-order valence-corrected chi connectivity index (χ0v) is 17.1. The number of ether oxygens (including phenoxy) is 2. The zero-order chi connectivity index (χ0) is 20.1. The maximum atomic E-state index is 12.3. The number of anilines is 1. The summed E-state index contributed by atoms with van der Waals surface area (Å²) in [6.07, 6.45) is 9.48. The molecule has 0 atom stereocenters. The second-order valence-corrected chi connectivity index (χ2v) is 7.93. The van der Waals surface area contributed by atoms with E-state index in [9.17, 15) is 4.79 Å². The molecule has 154 valence electrons. The summed E-state index contributed by atoms with van der Waals surface area (Å²) in [5.41, 5.74) is 3.39. The van der Waals surface area contributed by atoms with Crippen LogP contribution in [-0.4, -0.2) is 49.4 Å². The Morgan fingerprint density at radius 3 is 2.72 bits per heavy atom. The van der Waals surface area contributed by atoms with Gasteiger partial charge in [-0.3, -0.25) is 4.98 Å². The summed E-state index contributed by atoms with van der Waals surface area (Å²) in [4.78, 5) is 23.9. The van der Waals surface area contributed by atoms with Crippen LogP contribution in [0.1, 0.15) is 48.2 Å². The number of hydrogen-bond acceptors (Lipinski definition) is 6. The van der Waals surface area contributed by atoms with E-state index >= 15 is 0 Å². The maximum absolute atomic E-state index is 12.3. The molecule has 2 fully saturated rings. The van der Waals surface area contributed by atoms with Gasteiger partial charge in [0.05, 0.1) is 31.6 Å². The van der Waals surface area contributed by atoms with Crippen LogP contribution in [0.25, 0.3) is 11.3 Å². The fraction of sp³-hybridized carbons (Fsp3) is 0.522. The highest BCUT2D eigenvalue weighted by Crippen LogP contribution is 2.28. The van der Waals surface area contributed by atoms with Gasteiger partial charge in [-0.15, -0.1) is 0 Å². The number of methoxy groups -OCH3 is 1. The van der Waals surface area contributed by atoms with Gasteiger partial charge in [0.25, 0.3) is 0 Å². The smallest absolute Gasteiger partial charge is 0.338 e. The topological polar surface area (TPSA) is 64.5 Å². The van der Waals surface area contributed by atoms with Crippen LogP contribution in [0, 0.1) is 5.92 Å². The molecule has 6 nitrogen and oxygen atoms in total. The second-order valence-electron chi connectivity index (χ2n) is 7.93. The third-order valence-corrected chi connectivity index (χ3v) is 5.90. The molecule has 6 heteroatoms. The number of hydrogen-bond donors (Lipinski definition) is 0. The minimum Gasteiger partial charge on any atom is -0.465 e. The molecule has 0 bridgehead atoms. The van der Waals surface area contributed by atoms with Crippen molar-refractivity contribution in [3.05, 3.63) is 41.7 Å². The van der Waals surface area contributed by atoms with E-state index < -0.39 is 0 Å². The molecule has 2 aromatic heterocycles. The minimum atomic E-state index is -0.348. The van der Waals surface area contributed by atoms with Crippen molar-refractivity contribution in [2.24, 2.45) is 5.92 Å². The number of pyridine rings is 2. The van der Waals surface area contributed by atoms with E-state index in [2.05, 4.69) is 16.0 Å². The van der Waals surface area contributed by atoms with Crippen molar-refractivity contribution in [2.75, 3.05) is 38.3 Å². The molecule has 0 radical (unpaired) electrons. The molecule has 1 saturated heterocycles. The van der Waals surface area contributed by atoms with Gasteiger partial charge in [0.1, 0.15) is 5.82 Å². The Kier molecular flexibility index (Phi) is 6.39. The predicted molar refractivity (Wildman–Crippen MR) is 112 cm³/mol. The Morgan fingerprint density at radius 2 is 1.97 bits per heavy atom. The van der Waals surface area contributed by atoms with Crippen molar-refractivity contribution < 1.29 is 14.3 Å². The van der Waals surface area contributed by atoms with Crippen LogP contribution < -0.4 is 4.90 Å². The van der Waals surface area contributed by atoms with E-state index in [0.29, 0.717) is 18.8 Å². The van der Waals surface area contributed by atoms with Crippen molar-refractivity contribution in [2.45, 2.75) is 38.5 Å². The van der Waals surface area contributed by atoms with E-state index in [0.717, 1.165) is 48.2 Å². The zero-order valence-electron chi connectivity index (χ0n) is 17.1. The molecule has 29 heavy (non-hydrogen) atoms. The summed E-state index contributed by atoms with van der Waals surface area (Å²) < 4.78 is 10.4. The van der Waals surface area contributed by atoms with Crippen LogP contribution in [0.15, 0.2) is 30.5 Å². The molecule has 1 aliphatic carbocycles. The average molecular weight is 396 g/mol. The number of aromatic nitrogens is 2. The molecular weight excluding hydrogens is 366 g/mol. The van der Waals surface area contributed by atoms with Crippen LogP contribution in [0.3, 0.4) is 0 Å². The summed E-state index contributed by atoms with van der Waals surface area (Å²) in [6.45, 7) is 2.86. The number of morpholine rings is 1. The summed E-state index contributed by atoms with van der Waals surface area (Å²) in [6, 6.07) is 7.72. The van der Waals surface area contributed by atoms with E-state index in [1.807, 2.05) is 24.4 Å². The Hall–Kier alpha value is -2.47. The Labute approximate surface area is 172 Å².